The first kappa shape index (κ1) is 16.3. The molecule has 1 saturated heterocycles. The van der Waals surface area contributed by atoms with Gasteiger partial charge in [0, 0.05) is 36.9 Å². The fourth-order valence-corrected chi connectivity index (χ4v) is 3.05. The van der Waals surface area contributed by atoms with Crippen molar-refractivity contribution in [2.24, 2.45) is 7.05 Å². The minimum atomic E-state index is -0.857. The highest BCUT2D eigenvalue weighted by atomic mass is 35.5. The maximum Gasteiger partial charge on any atom is 0.263 e. The second-order valence-electron chi connectivity index (χ2n) is 5.55. The molecule has 2 aromatic rings. The van der Waals surface area contributed by atoms with Crippen molar-refractivity contribution in [1.82, 2.24) is 14.8 Å². The quantitative estimate of drug-likeness (QED) is 0.893. The monoisotopic (exact) mass is 345 g/mol. The number of rotatable bonds is 2. The Bertz CT molecular complexity index is 862. The molecule has 0 radical (unpaired) electrons. The van der Waals surface area contributed by atoms with Crippen LogP contribution in [0.1, 0.15) is 22.0 Å². The van der Waals surface area contributed by atoms with Crippen LogP contribution in [0.2, 0.25) is 5.02 Å². The summed E-state index contributed by atoms with van der Waals surface area (Å²) in [6.07, 6.45) is 1.58. The Hall–Kier alpha value is -2.60. The molecule has 1 aromatic carbocycles. The molecule has 2 amide bonds. The van der Waals surface area contributed by atoms with E-state index in [0.717, 1.165) is 0 Å². The maximum absolute atomic E-state index is 12.9. The van der Waals surface area contributed by atoms with Crippen LogP contribution in [0.3, 0.4) is 0 Å². The molecule has 6 nitrogen and oxygen atoms in total. The highest BCUT2D eigenvalue weighted by Gasteiger charge is 2.36. The number of halogens is 1. The Labute approximate surface area is 143 Å². The fraction of sp³-hybridized carbons (Fsp3) is 0.235. The SMILES string of the molecule is Cn1cccc(C(=O)N2CCNC(=O)C2c2ccccc2Cl)c1=O. The number of pyridine rings is 1. The highest BCUT2D eigenvalue weighted by molar-refractivity contribution is 6.31. The zero-order valence-electron chi connectivity index (χ0n) is 13.0. The molecule has 1 aromatic heterocycles. The summed E-state index contributed by atoms with van der Waals surface area (Å²) in [5.74, 6) is -0.786. The van der Waals surface area contributed by atoms with E-state index in [0.29, 0.717) is 23.7 Å². The van der Waals surface area contributed by atoms with Crippen molar-refractivity contribution < 1.29 is 9.59 Å². The number of hydrogen-bond donors (Lipinski definition) is 1. The van der Waals surface area contributed by atoms with Crippen molar-refractivity contribution >= 4 is 23.4 Å². The van der Waals surface area contributed by atoms with Gasteiger partial charge in [0.2, 0.25) is 5.91 Å². The van der Waals surface area contributed by atoms with Gasteiger partial charge in [-0.05, 0) is 18.2 Å². The number of nitrogens with one attached hydrogen (secondary N) is 1. The second-order valence-corrected chi connectivity index (χ2v) is 5.96. The van der Waals surface area contributed by atoms with Gasteiger partial charge in [0.15, 0.2) is 0 Å². The number of aryl methyl sites for hydroxylation is 1. The second kappa shape index (κ2) is 6.49. The van der Waals surface area contributed by atoms with Gasteiger partial charge in [-0.2, -0.15) is 0 Å². The van der Waals surface area contributed by atoms with Gasteiger partial charge in [-0.15, -0.1) is 0 Å². The lowest BCUT2D eigenvalue weighted by molar-refractivity contribution is -0.128. The lowest BCUT2D eigenvalue weighted by Gasteiger charge is -2.35. The third kappa shape index (κ3) is 2.80. The van der Waals surface area contributed by atoms with E-state index < -0.39 is 17.5 Å². The van der Waals surface area contributed by atoms with Gasteiger partial charge in [-0.1, -0.05) is 29.8 Å². The molecule has 1 N–H and O–H groups in total. The van der Waals surface area contributed by atoms with Crippen molar-refractivity contribution in [2.75, 3.05) is 13.1 Å². The number of benzene rings is 1. The summed E-state index contributed by atoms with van der Waals surface area (Å²) in [5, 5.41) is 3.15. The molecule has 1 aliphatic heterocycles. The summed E-state index contributed by atoms with van der Waals surface area (Å²) in [6.45, 7) is 0.636. The van der Waals surface area contributed by atoms with Crippen molar-refractivity contribution in [1.29, 1.82) is 0 Å². The Morgan fingerprint density at radius 1 is 1.21 bits per heavy atom. The van der Waals surface area contributed by atoms with E-state index in [4.69, 9.17) is 11.6 Å². The predicted molar refractivity (Wildman–Crippen MR) is 89.9 cm³/mol. The number of piperazine rings is 1. The fourth-order valence-electron chi connectivity index (χ4n) is 2.81. The minimum Gasteiger partial charge on any atom is -0.352 e. The standard InChI is InChI=1S/C17H16ClN3O3/c1-20-9-4-6-12(16(20)23)17(24)21-10-8-19-15(22)14(21)11-5-2-3-7-13(11)18/h2-7,9,14H,8,10H2,1H3,(H,19,22). The molecule has 0 saturated carbocycles. The molecule has 7 heteroatoms. The van der Waals surface area contributed by atoms with Gasteiger partial charge in [-0.3, -0.25) is 14.4 Å². The van der Waals surface area contributed by atoms with E-state index >= 15 is 0 Å². The molecular weight excluding hydrogens is 330 g/mol. The van der Waals surface area contributed by atoms with Crippen LogP contribution < -0.4 is 10.9 Å². The van der Waals surface area contributed by atoms with Crippen LogP contribution >= 0.6 is 11.6 Å². The van der Waals surface area contributed by atoms with E-state index in [1.807, 2.05) is 0 Å². The molecule has 1 fully saturated rings. The largest absolute Gasteiger partial charge is 0.352 e. The maximum atomic E-state index is 12.9. The lowest BCUT2D eigenvalue weighted by Crippen LogP contribution is -2.53. The third-order valence-electron chi connectivity index (χ3n) is 4.03. The number of amides is 2. The summed E-state index contributed by atoms with van der Waals surface area (Å²) in [5.41, 5.74) is 0.176. The van der Waals surface area contributed by atoms with E-state index in [9.17, 15) is 14.4 Å². The third-order valence-corrected chi connectivity index (χ3v) is 4.37. The molecule has 2 heterocycles. The van der Waals surface area contributed by atoms with Crippen LogP contribution in [0.4, 0.5) is 0 Å². The first-order valence-corrected chi connectivity index (χ1v) is 7.87. The van der Waals surface area contributed by atoms with Crippen LogP contribution in [-0.2, 0) is 11.8 Å². The molecule has 1 atom stereocenters. The van der Waals surface area contributed by atoms with Crippen LogP contribution in [0.5, 0.6) is 0 Å². The summed E-state index contributed by atoms with van der Waals surface area (Å²) in [4.78, 5) is 38.9. The first-order valence-electron chi connectivity index (χ1n) is 7.49. The van der Waals surface area contributed by atoms with E-state index in [2.05, 4.69) is 5.32 Å². The van der Waals surface area contributed by atoms with Gasteiger partial charge < -0.3 is 14.8 Å². The van der Waals surface area contributed by atoms with Gasteiger partial charge in [-0.25, -0.2) is 0 Å². The molecule has 124 valence electrons. The molecular formula is C17H16ClN3O3. The van der Waals surface area contributed by atoms with Crippen LogP contribution in [0, 0.1) is 0 Å². The minimum absolute atomic E-state index is 0.0340. The number of carbonyl (C=O) groups is 2. The topological polar surface area (TPSA) is 71.4 Å². The molecule has 1 unspecified atom stereocenters. The average molecular weight is 346 g/mol. The molecule has 24 heavy (non-hydrogen) atoms. The van der Waals surface area contributed by atoms with Crippen LogP contribution in [-0.4, -0.2) is 34.4 Å². The van der Waals surface area contributed by atoms with E-state index in [1.54, 1.807) is 43.6 Å². The number of nitrogens with zero attached hydrogens (tertiary/aromatic N) is 2. The normalized spacial score (nSPS) is 17.5. The number of hydrogen-bond acceptors (Lipinski definition) is 3. The average Bonchev–Trinajstić information content (AvgIpc) is 2.57. The Kier molecular flexibility index (Phi) is 4.40. The smallest absolute Gasteiger partial charge is 0.263 e. The van der Waals surface area contributed by atoms with Gasteiger partial charge in [0.25, 0.3) is 11.5 Å². The van der Waals surface area contributed by atoms with Crippen LogP contribution in [0.15, 0.2) is 47.4 Å². The van der Waals surface area contributed by atoms with Crippen LogP contribution in [0.25, 0.3) is 0 Å². The Morgan fingerprint density at radius 2 is 1.96 bits per heavy atom. The van der Waals surface area contributed by atoms with E-state index in [-0.39, 0.29) is 11.5 Å². The summed E-state index contributed by atoms with van der Waals surface area (Å²) in [6, 6.07) is 9.14. The van der Waals surface area contributed by atoms with Crippen molar-refractivity contribution in [3.05, 3.63) is 69.1 Å². The van der Waals surface area contributed by atoms with Crippen molar-refractivity contribution in [3.8, 4) is 0 Å². The van der Waals surface area contributed by atoms with Gasteiger partial charge >= 0.3 is 0 Å². The molecule has 1 aliphatic rings. The zero-order valence-corrected chi connectivity index (χ0v) is 13.8. The number of carbonyl (C=O) groups excluding carboxylic acids is 2. The molecule has 0 spiro atoms. The number of aromatic nitrogens is 1. The summed E-state index contributed by atoms with van der Waals surface area (Å²) < 4.78 is 1.34. The van der Waals surface area contributed by atoms with Crippen molar-refractivity contribution in [2.45, 2.75) is 6.04 Å². The predicted octanol–water partition coefficient (Wildman–Crippen LogP) is 1.35. The zero-order chi connectivity index (χ0) is 17.3. The Balaban J connectivity index is 2.05. The summed E-state index contributed by atoms with van der Waals surface area (Å²) >= 11 is 6.21. The lowest BCUT2D eigenvalue weighted by atomic mass is 10.0. The first-order chi connectivity index (χ1) is 11.5. The Morgan fingerprint density at radius 3 is 2.71 bits per heavy atom. The highest BCUT2D eigenvalue weighted by Crippen LogP contribution is 2.30. The summed E-state index contributed by atoms with van der Waals surface area (Å²) in [7, 11) is 1.58. The van der Waals surface area contributed by atoms with Crippen molar-refractivity contribution in [3.63, 3.8) is 0 Å². The molecule has 0 bridgehead atoms. The molecule has 3 rings (SSSR count). The van der Waals surface area contributed by atoms with Gasteiger partial charge in [0.05, 0.1) is 0 Å². The van der Waals surface area contributed by atoms with E-state index in [1.165, 1.54) is 15.5 Å². The van der Waals surface area contributed by atoms with Gasteiger partial charge in [0.1, 0.15) is 11.6 Å². The molecule has 0 aliphatic carbocycles.